The van der Waals surface area contributed by atoms with Gasteiger partial charge in [-0.3, -0.25) is 0 Å². The summed E-state index contributed by atoms with van der Waals surface area (Å²) in [7, 11) is 0. The van der Waals surface area contributed by atoms with Crippen molar-refractivity contribution in [3.63, 3.8) is 0 Å². The van der Waals surface area contributed by atoms with Crippen LogP contribution in [0, 0.1) is 0 Å². The number of aromatic nitrogens is 3. The molecule has 0 amide bonds. The minimum absolute atomic E-state index is 0.0781. The molecule has 1 aliphatic rings. The summed E-state index contributed by atoms with van der Waals surface area (Å²) in [5, 5.41) is 30.4. The molecular weight excluding hydrogens is 286 g/mol. The Bertz CT molecular complexity index is 645. The normalized spacial score (nSPS) is 34.0. The molecule has 1 fully saturated rings. The highest BCUT2D eigenvalue weighted by Crippen LogP contribution is 2.39. The van der Waals surface area contributed by atoms with Gasteiger partial charge in [0.2, 0.25) is 5.28 Å². The van der Waals surface area contributed by atoms with Crippen LogP contribution in [0.5, 0.6) is 0 Å². The van der Waals surface area contributed by atoms with Gasteiger partial charge in [0.15, 0.2) is 6.23 Å². The smallest absolute Gasteiger partial charge is 0.224 e. The molecule has 0 saturated carbocycles. The Morgan fingerprint density at radius 1 is 1.55 bits per heavy atom. The van der Waals surface area contributed by atoms with Crippen LogP contribution in [-0.2, 0) is 4.74 Å². The third-order valence-electron chi connectivity index (χ3n) is 3.61. The fourth-order valence-corrected chi connectivity index (χ4v) is 2.63. The fraction of sp³-hybridized carbons (Fsp3) is 0.500. The van der Waals surface area contributed by atoms with Crippen LogP contribution in [0.25, 0.3) is 11.0 Å². The first-order valence-electron chi connectivity index (χ1n) is 6.11. The summed E-state index contributed by atoms with van der Waals surface area (Å²) in [6, 6.07) is 1.75. The zero-order chi connectivity index (χ0) is 14.5. The summed E-state index contributed by atoms with van der Waals surface area (Å²) in [6.45, 7) is 1.06. The van der Waals surface area contributed by atoms with Gasteiger partial charge in [-0.15, -0.1) is 0 Å². The SMILES string of the molecule is C[C@@]1(O)[C@H](O)[C@@H](CO)O[C@H]1n1ccc2cnc(Cl)nc21. The maximum atomic E-state index is 10.4. The van der Waals surface area contributed by atoms with Crippen LogP contribution in [0.2, 0.25) is 5.28 Å². The highest BCUT2D eigenvalue weighted by molar-refractivity contribution is 6.28. The molecule has 8 heteroatoms. The second kappa shape index (κ2) is 4.64. The van der Waals surface area contributed by atoms with E-state index in [0.717, 1.165) is 5.39 Å². The van der Waals surface area contributed by atoms with Crippen LogP contribution in [0.3, 0.4) is 0 Å². The molecule has 0 unspecified atom stereocenters. The Balaban J connectivity index is 2.09. The van der Waals surface area contributed by atoms with Crippen molar-refractivity contribution < 1.29 is 20.1 Å². The van der Waals surface area contributed by atoms with Crippen molar-refractivity contribution in [2.24, 2.45) is 0 Å². The molecule has 3 rings (SSSR count). The zero-order valence-corrected chi connectivity index (χ0v) is 11.4. The maximum absolute atomic E-state index is 10.4. The lowest BCUT2D eigenvalue weighted by atomic mass is 9.96. The molecule has 108 valence electrons. The molecule has 1 saturated heterocycles. The predicted octanol–water partition coefficient (Wildman–Crippen LogP) is 0.0863. The molecule has 20 heavy (non-hydrogen) atoms. The lowest BCUT2D eigenvalue weighted by Crippen LogP contribution is -2.44. The minimum atomic E-state index is -1.56. The highest BCUT2D eigenvalue weighted by Gasteiger charge is 2.53. The Kier molecular flexibility index (Phi) is 3.19. The van der Waals surface area contributed by atoms with Crippen molar-refractivity contribution in [1.82, 2.24) is 14.5 Å². The number of nitrogens with zero attached hydrogens (tertiary/aromatic N) is 3. The number of rotatable bonds is 2. The summed E-state index contributed by atoms with van der Waals surface area (Å²) < 4.78 is 7.11. The first-order chi connectivity index (χ1) is 9.45. The number of aliphatic hydroxyl groups is 3. The molecule has 7 nitrogen and oxygen atoms in total. The molecular formula is C12H14ClN3O4. The van der Waals surface area contributed by atoms with Gasteiger partial charge in [-0.2, -0.15) is 4.98 Å². The van der Waals surface area contributed by atoms with E-state index < -0.39 is 24.0 Å². The monoisotopic (exact) mass is 299 g/mol. The summed E-state index contributed by atoms with van der Waals surface area (Å²) >= 11 is 5.78. The third-order valence-corrected chi connectivity index (χ3v) is 3.80. The topological polar surface area (TPSA) is 101 Å². The quantitative estimate of drug-likeness (QED) is 0.679. The molecule has 3 N–H and O–H groups in total. The predicted molar refractivity (Wildman–Crippen MR) is 70.2 cm³/mol. The van der Waals surface area contributed by atoms with E-state index in [1.165, 1.54) is 6.92 Å². The van der Waals surface area contributed by atoms with E-state index in [0.29, 0.717) is 5.65 Å². The number of fused-ring (bicyclic) bond motifs is 1. The third kappa shape index (κ3) is 1.90. The molecule has 3 heterocycles. The molecule has 0 radical (unpaired) electrons. The standard InChI is InChI=1S/C12H14ClN3O4/c1-12(19)8(18)7(5-17)20-10(12)16-3-2-6-4-14-11(13)15-9(6)16/h2-4,7-8,10,17-19H,5H2,1H3/t7-,8-,10-,12-/m1/s1. The van der Waals surface area contributed by atoms with Crippen LogP contribution in [0.15, 0.2) is 18.5 Å². The van der Waals surface area contributed by atoms with Crippen molar-refractivity contribution in [3.8, 4) is 0 Å². The fourth-order valence-electron chi connectivity index (χ4n) is 2.50. The van der Waals surface area contributed by atoms with E-state index in [9.17, 15) is 15.3 Å². The molecule has 2 aromatic rings. The van der Waals surface area contributed by atoms with Crippen molar-refractivity contribution >= 4 is 22.6 Å². The first-order valence-corrected chi connectivity index (χ1v) is 6.49. The maximum Gasteiger partial charge on any atom is 0.224 e. The van der Waals surface area contributed by atoms with E-state index in [1.54, 1.807) is 23.0 Å². The van der Waals surface area contributed by atoms with Crippen molar-refractivity contribution in [2.45, 2.75) is 31.0 Å². The van der Waals surface area contributed by atoms with Crippen LogP contribution < -0.4 is 0 Å². The van der Waals surface area contributed by atoms with Gasteiger partial charge >= 0.3 is 0 Å². The van der Waals surface area contributed by atoms with Crippen LogP contribution in [0.1, 0.15) is 13.2 Å². The van der Waals surface area contributed by atoms with Crippen molar-refractivity contribution in [3.05, 3.63) is 23.7 Å². The zero-order valence-electron chi connectivity index (χ0n) is 10.6. The lowest BCUT2D eigenvalue weighted by Gasteiger charge is -2.27. The van der Waals surface area contributed by atoms with Gasteiger partial charge in [-0.05, 0) is 24.6 Å². The van der Waals surface area contributed by atoms with Crippen LogP contribution in [-0.4, -0.2) is 54.3 Å². The van der Waals surface area contributed by atoms with E-state index in [2.05, 4.69) is 9.97 Å². The molecule has 2 aromatic heterocycles. The molecule has 1 aliphatic heterocycles. The summed E-state index contributed by atoms with van der Waals surface area (Å²) in [6.07, 6.45) is 0.293. The van der Waals surface area contributed by atoms with Crippen LogP contribution >= 0.6 is 11.6 Å². The van der Waals surface area contributed by atoms with Gasteiger partial charge in [0, 0.05) is 17.8 Å². The second-order valence-electron chi connectivity index (χ2n) is 5.02. The molecule has 0 spiro atoms. The number of hydrogen-bond acceptors (Lipinski definition) is 6. The molecule has 0 aliphatic carbocycles. The van der Waals surface area contributed by atoms with E-state index in [1.807, 2.05) is 0 Å². The number of aliphatic hydroxyl groups excluding tert-OH is 2. The number of halogens is 1. The summed E-state index contributed by atoms with van der Waals surface area (Å²) in [5.41, 5.74) is -1.07. The average molecular weight is 300 g/mol. The second-order valence-corrected chi connectivity index (χ2v) is 5.36. The van der Waals surface area contributed by atoms with Gasteiger partial charge < -0.3 is 24.6 Å². The number of hydrogen-bond donors (Lipinski definition) is 3. The highest BCUT2D eigenvalue weighted by atomic mass is 35.5. The van der Waals surface area contributed by atoms with Crippen molar-refractivity contribution in [1.29, 1.82) is 0 Å². The Morgan fingerprint density at radius 2 is 2.30 bits per heavy atom. The van der Waals surface area contributed by atoms with Crippen LogP contribution in [0.4, 0.5) is 0 Å². The first kappa shape index (κ1) is 13.7. The van der Waals surface area contributed by atoms with Gasteiger partial charge in [-0.1, -0.05) is 0 Å². The van der Waals surface area contributed by atoms with Gasteiger partial charge in [0.1, 0.15) is 23.5 Å². The average Bonchev–Trinajstić information content (AvgIpc) is 2.90. The summed E-state index contributed by atoms with van der Waals surface area (Å²) in [5.74, 6) is 0. The van der Waals surface area contributed by atoms with E-state index in [4.69, 9.17) is 16.3 Å². The van der Waals surface area contributed by atoms with Gasteiger partial charge in [0.05, 0.1) is 6.61 Å². The van der Waals surface area contributed by atoms with Crippen molar-refractivity contribution in [2.75, 3.05) is 6.61 Å². The summed E-state index contributed by atoms with van der Waals surface area (Å²) in [4.78, 5) is 7.98. The molecule has 0 aromatic carbocycles. The van der Waals surface area contributed by atoms with E-state index >= 15 is 0 Å². The Labute approximate surface area is 119 Å². The molecule has 4 atom stereocenters. The Morgan fingerprint density at radius 3 is 2.95 bits per heavy atom. The number of ether oxygens (including phenoxy) is 1. The Hall–Kier alpha value is -1.25. The lowest BCUT2D eigenvalue weighted by molar-refractivity contribution is -0.0948. The molecule has 0 bridgehead atoms. The van der Waals surface area contributed by atoms with Gasteiger partial charge in [0.25, 0.3) is 0 Å². The minimum Gasteiger partial charge on any atom is -0.394 e. The van der Waals surface area contributed by atoms with Gasteiger partial charge in [-0.25, -0.2) is 4.98 Å². The largest absolute Gasteiger partial charge is 0.394 e. The van der Waals surface area contributed by atoms with E-state index in [-0.39, 0.29) is 11.9 Å².